The molecule has 0 aliphatic carbocycles. The zero-order valence-electron chi connectivity index (χ0n) is 12.9. The van der Waals surface area contributed by atoms with Gasteiger partial charge in [0.1, 0.15) is 0 Å². The largest absolute Gasteiger partial charge is 0.388 e. The summed E-state index contributed by atoms with van der Waals surface area (Å²) in [5.41, 5.74) is 10.9. The lowest BCUT2D eigenvalue weighted by Gasteiger charge is -2.28. The molecule has 106 valence electrons. The summed E-state index contributed by atoms with van der Waals surface area (Å²) in [7, 11) is 0. The van der Waals surface area contributed by atoms with Crippen LogP contribution in [0.4, 0.5) is 0 Å². The molecule has 0 aliphatic rings. The fourth-order valence-corrected chi connectivity index (χ4v) is 2.45. The van der Waals surface area contributed by atoms with Gasteiger partial charge in [0.25, 0.3) is 0 Å². The molecule has 1 aromatic carbocycles. The van der Waals surface area contributed by atoms with Crippen molar-refractivity contribution in [3.05, 3.63) is 34.4 Å². The lowest BCUT2D eigenvalue weighted by molar-refractivity contribution is 0.218. The first-order valence-electron chi connectivity index (χ1n) is 6.95. The predicted octanol–water partition coefficient (Wildman–Crippen LogP) is 3.15. The lowest BCUT2D eigenvalue weighted by Crippen LogP contribution is -2.33. The molecule has 0 saturated carbocycles. The van der Waals surface area contributed by atoms with Gasteiger partial charge in [0.2, 0.25) is 0 Å². The number of benzene rings is 1. The first-order valence-corrected chi connectivity index (χ1v) is 6.95. The zero-order chi connectivity index (χ0) is 14.6. The highest BCUT2D eigenvalue weighted by Crippen LogP contribution is 2.19. The summed E-state index contributed by atoms with van der Waals surface area (Å²) in [5, 5.41) is 7.37. The van der Waals surface area contributed by atoms with E-state index in [4.69, 9.17) is 11.1 Å². The summed E-state index contributed by atoms with van der Waals surface area (Å²) < 4.78 is 0. The quantitative estimate of drug-likeness (QED) is 0.610. The number of hydrogen-bond acceptors (Lipinski definition) is 2. The van der Waals surface area contributed by atoms with Gasteiger partial charge < -0.3 is 5.73 Å². The normalized spacial score (nSPS) is 11.3. The van der Waals surface area contributed by atoms with Crippen molar-refractivity contribution in [3.63, 3.8) is 0 Å². The lowest BCUT2D eigenvalue weighted by atomic mass is 9.99. The van der Waals surface area contributed by atoms with E-state index in [1.54, 1.807) is 0 Å². The SMILES string of the molecule is Cc1cc(C)c(CN(CCC(=N)N)C(C)C)c(C)c1. The van der Waals surface area contributed by atoms with Crippen LogP contribution in [0.3, 0.4) is 0 Å². The van der Waals surface area contributed by atoms with E-state index in [1.165, 1.54) is 22.3 Å². The van der Waals surface area contributed by atoms with Crippen molar-refractivity contribution >= 4 is 5.84 Å². The van der Waals surface area contributed by atoms with E-state index in [2.05, 4.69) is 51.7 Å². The monoisotopic (exact) mass is 261 g/mol. The van der Waals surface area contributed by atoms with Crippen LogP contribution >= 0.6 is 0 Å². The Balaban J connectivity index is 2.87. The van der Waals surface area contributed by atoms with Crippen molar-refractivity contribution in [2.45, 2.75) is 53.6 Å². The number of nitrogens with two attached hydrogens (primary N) is 1. The molecule has 0 saturated heterocycles. The molecule has 0 amide bonds. The van der Waals surface area contributed by atoms with Crippen LogP contribution in [-0.2, 0) is 6.54 Å². The van der Waals surface area contributed by atoms with Gasteiger partial charge in [-0.1, -0.05) is 17.7 Å². The van der Waals surface area contributed by atoms with Crippen molar-refractivity contribution in [3.8, 4) is 0 Å². The minimum absolute atomic E-state index is 0.267. The van der Waals surface area contributed by atoms with Crippen molar-refractivity contribution in [2.75, 3.05) is 6.54 Å². The summed E-state index contributed by atoms with van der Waals surface area (Å²) in [6.45, 7) is 12.7. The van der Waals surface area contributed by atoms with Gasteiger partial charge in [0, 0.05) is 25.6 Å². The maximum Gasteiger partial charge on any atom is 0.0918 e. The maximum absolute atomic E-state index is 7.37. The molecule has 3 nitrogen and oxygen atoms in total. The Bertz CT molecular complexity index is 426. The van der Waals surface area contributed by atoms with Gasteiger partial charge in [-0.25, -0.2) is 0 Å². The Labute approximate surface area is 117 Å². The molecule has 0 bridgehead atoms. The van der Waals surface area contributed by atoms with E-state index in [1.807, 2.05) is 0 Å². The predicted molar refractivity (Wildman–Crippen MR) is 82.7 cm³/mol. The molecular weight excluding hydrogens is 234 g/mol. The van der Waals surface area contributed by atoms with Gasteiger partial charge in [0.15, 0.2) is 0 Å². The average Bonchev–Trinajstić information content (AvgIpc) is 2.25. The van der Waals surface area contributed by atoms with Crippen LogP contribution in [-0.4, -0.2) is 23.3 Å². The second kappa shape index (κ2) is 6.71. The molecule has 0 heterocycles. The zero-order valence-corrected chi connectivity index (χ0v) is 12.9. The molecule has 1 rings (SSSR count). The molecule has 3 heteroatoms. The van der Waals surface area contributed by atoms with Crippen LogP contribution in [0.2, 0.25) is 0 Å². The average molecular weight is 261 g/mol. The molecule has 1 aromatic rings. The Morgan fingerprint density at radius 1 is 1.21 bits per heavy atom. The van der Waals surface area contributed by atoms with Gasteiger partial charge >= 0.3 is 0 Å². The maximum atomic E-state index is 7.37. The van der Waals surface area contributed by atoms with Crippen molar-refractivity contribution < 1.29 is 0 Å². The number of hydrogen-bond donors (Lipinski definition) is 2. The highest BCUT2D eigenvalue weighted by molar-refractivity contribution is 5.76. The third-order valence-corrected chi connectivity index (χ3v) is 3.60. The Morgan fingerprint density at radius 2 is 1.74 bits per heavy atom. The highest BCUT2D eigenvalue weighted by atomic mass is 15.1. The molecule has 0 radical (unpaired) electrons. The molecule has 0 unspecified atom stereocenters. The molecule has 0 spiro atoms. The van der Waals surface area contributed by atoms with Crippen LogP contribution in [0.15, 0.2) is 12.1 Å². The van der Waals surface area contributed by atoms with E-state index in [-0.39, 0.29) is 5.84 Å². The van der Waals surface area contributed by atoms with Crippen LogP contribution in [0.25, 0.3) is 0 Å². The topological polar surface area (TPSA) is 53.1 Å². The molecule has 0 aliphatic heterocycles. The van der Waals surface area contributed by atoms with Gasteiger partial charge in [-0.05, 0) is 51.3 Å². The van der Waals surface area contributed by atoms with E-state index < -0.39 is 0 Å². The summed E-state index contributed by atoms with van der Waals surface area (Å²) in [6, 6.07) is 4.94. The van der Waals surface area contributed by atoms with Crippen molar-refractivity contribution in [2.24, 2.45) is 5.73 Å². The molecule has 0 atom stereocenters. The van der Waals surface area contributed by atoms with Crippen LogP contribution < -0.4 is 5.73 Å². The smallest absolute Gasteiger partial charge is 0.0918 e. The fourth-order valence-electron chi connectivity index (χ4n) is 2.45. The Kier molecular flexibility index (Phi) is 5.55. The van der Waals surface area contributed by atoms with E-state index in [0.29, 0.717) is 12.5 Å². The second-order valence-corrected chi connectivity index (χ2v) is 5.72. The first kappa shape index (κ1) is 15.7. The van der Waals surface area contributed by atoms with E-state index >= 15 is 0 Å². The number of amidine groups is 1. The number of rotatable bonds is 6. The summed E-state index contributed by atoms with van der Waals surface area (Å²) in [4.78, 5) is 2.38. The van der Waals surface area contributed by atoms with Crippen LogP contribution in [0, 0.1) is 26.2 Å². The number of nitrogens with zero attached hydrogens (tertiary/aromatic N) is 1. The summed E-state index contributed by atoms with van der Waals surface area (Å²) in [6.07, 6.45) is 0.641. The minimum Gasteiger partial charge on any atom is -0.388 e. The molecule has 0 aromatic heterocycles. The summed E-state index contributed by atoms with van der Waals surface area (Å²) in [5.74, 6) is 0.267. The number of nitrogens with one attached hydrogen (secondary N) is 1. The minimum atomic E-state index is 0.267. The van der Waals surface area contributed by atoms with Crippen LogP contribution in [0.1, 0.15) is 42.5 Å². The van der Waals surface area contributed by atoms with Crippen molar-refractivity contribution in [1.29, 1.82) is 5.41 Å². The molecular formula is C16H27N3. The highest BCUT2D eigenvalue weighted by Gasteiger charge is 2.13. The first-order chi connectivity index (χ1) is 8.81. The van der Waals surface area contributed by atoms with Crippen molar-refractivity contribution in [1.82, 2.24) is 4.90 Å². The molecule has 3 N–H and O–H groups in total. The van der Waals surface area contributed by atoms with E-state index in [9.17, 15) is 0 Å². The van der Waals surface area contributed by atoms with E-state index in [0.717, 1.165) is 13.1 Å². The Hall–Kier alpha value is -1.35. The Morgan fingerprint density at radius 3 is 2.16 bits per heavy atom. The molecule has 19 heavy (non-hydrogen) atoms. The van der Waals surface area contributed by atoms with Gasteiger partial charge in [-0.2, -0.15) is 0 Å². The standard InChI is InChI=1S/C16H27N3/c1-11(2)19(7-6-16(17)18)10-15-13(4)8-12(3)9-14(15)5/h8-9,11H,6-7,10H2,1-5H3,(H3,17,18). The fraction of sp³-hybridized carbons (Fsp3) is 0.562. The van der Waals surface area contributed by atoms with Gasteiger partial charge in [0.05, 0.1) is 5.84 Å². The third kappa shape index (κ3) is 4.67. The summed E-state index contributed by atoms with van der Waals surface area (Å²) >= 11 is 0. The molecule has 0 fully saturated rings. The van der Waals surface area contributed by atoms with Gasteiger partial charge in [-0.15, -0.1) is 0 Å². The third-order valence-electron chi connectivity index (χ3n) is 3.60. The second-order valence-electron chi connectivity index (χ2n) is 5.72. The number of aryl methyl sites for hydroxylation is 3. The van der Waals surface area contributed by atoms with Crippen LogP contribution in [0.5, 0.6) is 0 Å². The van der Waals surface area contributed by atoms with Gasteiger partial charge in [-0.3, -0.25) is 10.3 Å².